The van der Waals surface area contributed by atoms with Gasteiger partial charge in [0.2, 0.25) is 5.91 Å². The summed E-state index contributed by atoms with van der Waals surface area (Å²) in [7, 11) is 0. The fourth-order valence-corrected chi connectivity index (χ4v) is 1.97. The molecular formula is C8H9N3O3S. The highest BCUT2D eigenvalue weighted by atomic mass is 32.1. The van der Waals surface area contributed by atoms with Crippen LogP contribution >= 0.6 is 11.5 Å². The van der Waals surface area contributed by atoms with Crippen LogP contribution in [0.15, 0.2) is 6.20 Å². The number of nitrogens with zero attached hydrogens (tertiary/aromatic N) is 2. The number of hydrogen-bond donors (Lipinski definition) is 2. The molecule has 1 aliphatic rings. The van der Waals surface area contributed by atoms with Crippen LogP contribution in [0, 0.1) is 11.8 Å². The number of aliphatic carboxylic acids is 1. The summed E-state index contributed by atoms with van der Waals surface area (Å²) >= 11 is 1.07. The minimum Gasteiger partial charge on any atom is -0.481 e. The summed E-state index contributed by atoms with van der Waals surface area (Å²) in [6.45, 7) is 0. The van der Waals surface area contributed by atoms with Gasteiger partial charge in [0.05, 0.1) is 18.0 Å². The molecule has 0 unspecified atom stereocenters. The smallest absolute Gasteiger partial charge is 0.307 e. The number of amides is 1. The second-order valence-corrected chi connectivity index (χ2v) is 4.19. The lowest BCUT2D eigenvalue weighted by Crippen LogP contribution is -2.40. The minimum atomic E-state index is -0.899. The first-order chi connectivity index (χ1) is 7.18. The van der Waals surface area contributed by atoms with Crippen molar-refractivity contribution in [3.05, 3.63) is 6.20 Å². The van der Waals surface area contributed by atoms with Gasteiger partial charge in [-0.2, -0.15) is 0 Å². The molecule has 7 heteroatoms. The van der Waals surface area contributed by atoms with Gasteiger partial charge in [0.15, 0.2) is 0 Å². The van der Waals surface area contributed by atoms with Crippen LogP contribution in [-0.2, 0) is 9.59 Å². The Balaban J connectivity index is 1.95. The van der Waals surface area contributed by atoms with E-state index in [1.807, 2.05) is 0 Å². The molecule has 2 atom stereocenters. The van der Waals surface area contributed by atoms with Crippen LogP contribution < -0.4 is 5.32 Å². The molecule has 0 radical (unpaired) electrons. The molecule has 1 aliphatic carbocycles. The van der Waals surface area contributed by atoms with Crippen LogP contribution in [0.5, 0.6) is 0 Å². The van der Waals surface area contributed by atoms with E-state index in [1.165, 1.54) is 6.20 Å². The van der Waals surface area contributed by atoms with Crippen molar-refractivity contribution >= 4 is 28.4 Å². The van der Waals surface area contributed by atoms with Crippen molar-refractivity contribution < 1.29 is 14.7 Å². The molecule has 0 bridgehead atoms. The Morgan fingerprint density at radius 1 is 1.47 bits per heavy atom. The molecule has 1 saturated carbocycles. The predicted molar refractivity (Wildman–Crippen MR) is 52.4 cm³/mol. The highest BCUT2D eigenvalue weighted by molar-refractivity contribution is 7.10. The van der Waals surface area contributed by atoms with E-state index in [0.717, 1.165) is 11.5 Å². The summed E-state index contributed by atoms with van der Waals surface area (Å²) in [5.74, 6) is -2.10. The molecule has 1 amide bonds. The number of aromatic nitrogens is 2. The Morgan fingerprint density at radius 3 is 2.67 bits per heavy atom. The second kappa shape index (κ2) is 3.93. The number of nitrogens with one attached hydrogen (secondary N) is 1. The summed E-state index contributed by atoms with van der Waals surface area (Å²) in [5, 5.41) is 15.5. The summed E-state index contributed by atoms with van der Waals surface area (Å²) in [5.41, 5.74) is 0. The van der Waals surface area contributed by atoms with Crippen LogP contribution in [-0.4, -0.2) is 26.6 Å². The van der Waals surface area contributed by atoms with Gasteiger partial charge >= 0.3 is 5.97 Å². The van der Waals surface area contributed by atoms with Crippen LogP contribution in [0.2, 0.25) is 0 Å². The molecule has 1 fully saturated rings. The van der Waals surface area contributed by atoms with Gasteiger partial charge in [-0.3, -0.25) is 9.59 Å². The lowest BCUT2D eigenvalue weighted by molar-refractivity contribution is -0.151. The molecule has 1 aromatic heterocycles. The molecule has 2 rings (SSSR count). The number of carboxylic acids is 1. The van der Waals surface area contributed by atoms with Gasteiger partial charge in [0, 0.05) is 11.5 Å². The normalized spacial score (nSPS) is 24.3. The number of carbonyl (C=O) groups is 2. The predicted octanol–water partition coefficient (Wildman–Crippen LogP) is 0.587. The Morgan fingerprint density at radius 2 is 2.20 bits per heavy atom. The van der Waals surface area contributed by atoms with Crippen molar-refractivity contribution in [2.24, 2.45) is 11.8 Å². The zero-order chi connectivity index (χ0) is 10.8. The van der Waals surface area contributed by atoms with Crippen LogP contribution in [0.3, 0.4) is 0 Å². The molecule has 0 spiro atoms. The fraction of sp³-hybridized carbons (Fsp3) is 0.500. The number of carbonyl (C=O) groups excluding carboxylic acids is 1. The fourth-order valence-electron chi connectivity index (χ4n) is 1.55. The van der Waals surface area contributed by atoms with E-state index in [4.69, 9.17) is 5.11 Å². The van der Waals surface area contributed by atoms with E-state index in [2.05, 4.69) is 14.9 Å². The molecular weight excluding hydrogens is 218 g/mol. The van der Waals surface area contributed by atoms with Gasteiger partial charge in [-0.1, -0.05) is 4.49 Å². The minimum absolute atomic E-state index is 0.250. The first-order valence-corrected chi connectivity index (χ1v) is 5.27. The van der Waals surface area contributed by atoms with E-state index in [1.54, 1.807) is 0 Å². The van der Waals surface area contributed by atoms with Crippen LogP contribution in [0.1, 0.15) is 12.8 Å². The SMILES string of the molecule is O=C(Nc1cnns1)[C@H]1CC[C@H]1C(=O)O. The molecule has 15 heavy (non-hydrogen) atoms. The monoisotopic (exact) mass is 227 g/mol. The zero-order valence-electron chi connectivity index (χ0n) is 7.71. The van der Waals surface area contributed by atoms with Gasteiger partial charge in [0.25, 0.3) is 0 Å². The third kappa shape index (κ3) is 1.96. The molecule has 0 saturated heterocycles. The van der Waals surface area contributed by atoms with Crippen LogP contribution in [0.25, 0.3) is 0 Å². The van der Waals surface area contributed by atoms with E-state index in [0.29, 0.717) is 17.8 Å². The van der Waals surface area contributed by atoms with Gasteiger partial charge in [-0.25, -0.2) is 0 Å². The summed E-state index contributed by atoms with van der Waals surface area (Å²) < 4.78 is 3.59. The highest BCUT2D eigenvalue weighted by Crippen LogP contribution is 2.35. The first kappa shape index (κ1) is 10.0. The summed E-state index contributed by atoms with van der Waals surface area (Å²) in [6, 6.07) is 0. The highest BCUT2D eigenvalue weighted by Gasteiger charge is 2.41. The van der Waals surface area contributed by atoms with Crippen molar-refractivity contribution in [3.8, 4) is 0 Å². The molecule has 1 aromatic rings. The van der Waals surface area contributed by atoms with Gasteiger partial charge in [-0.15, -0.1) is 5.10 Å². The van der Waals surface area contributed by atoms with E-state index in [9.17, 15) is 9.59 Å². The Labute approximate surface area is 89.5 Å². The molecule has 80 valence electrons. The Kier molecular flexibility index (Phi) is 2.63. The lowest BCUT2D eigenvalue weighted by atomic mass is 9.73. The van der Waals surface area contributed by atoms with Gasteiger partial charge in [0.1, 0.15) is 5.00 Å². The largest absolute Gasteiger partial charge is 0.481 e. The average molecular weight is 227 g/mol. The Hall–Kier alpha value is -1.50. The standard InChI is InChI=1S/C8H9N3O3S/c12-7(10-6-3-9-11-15-6)4-1-2-5(4)8(13)14/h3-5H,1-2H2,(H,10,12)(H,13,14)/t4-,5+/m0/s1. The summed E-state index contributed by atoms with van der Waals surface area (Å²) in [6.07, 6.45) is 2.65. The summed E-state index contributed by atoms with van der Waals surface area (Å²) in [4.78, 5) is 22.3. The Bertz CT molecular complexity index is 378. The lowest BCUT2D eigenvalue weighted by Gasteiger charge is -2.31. The van der Waals surface area contributed by atoms with Gasteiger partial charge < -0.3 is 10.4 Å². The number of hydrogen-bond acceptors (Lipinski definition) is 5. The van der Waals surface area contributed by atoms with Crippen LogP contribution in [0.4, 0.5) is 5.00 Å². The molecule has 0 aliphatic heterocycles. The average Bonchev–Trinajstić information content (AvgIpc) is 2.52. The number of anilines is 1. The maximum Gasteiger partial charge on any atom is 0.307 e. The molecule has 1 heterocycles. The van der Waals surface area contributed by atoms with Crippen molar-refractivity contribution in [3.63, 3.8) is 0 Å². The molecule has 0 aromatic carbocycles. The molecule has 2 N–H and O–H groups in total. The van der Waals surface area contributed by atoms with E-state index >= 15 is 0 Å². The quantitative estimate of drug-likeness (QED) is 0.788. The first-order valence-electron chi connectivity index (χ1n) is 4.49. The zero-order valence-corrected chi connectivity index (χ0v) is 8.53. The maximum atomic E-state index is 11.6. The van der Waals surface area contributed by atoms with Crippen molar-refractivity contribution in [1.82, 2.24) is 9.59 Å². The maximum absolute atomic E-state index is 11.6. The third-order valence-electron chi connectivity index (χ3n) is 2.54. The third-order valence-corrected chi connectivity index (χ3v) is 3.12. The van der Waals surface area contributed by atoms with Crippen molar-refractivity contribution in [1.29, 1.82) is 0 Å². The number of carboxylic acid groups (broad SMARTS) is 1. The number of rotatable bonds is 3. The second-order valence-electron chi connectivity index (χ2n) is 3.40. The molecule has 6 nitrogen and oxygen atoms in total. The van der Waals surface area contributed by atoms with Gasteiger partial charge in [-0.05, 0) is 12.8 Å². The van der Waals surface area contributed by atoms with E-state index < -0.39 is 17.8 Å². The van der Waals surface area contributed by atoms with Crippen molar-refractivity contribution in [2.45, 2.75) is 12.8 Å². The topological polar surface area (TPSA) is 92.2 Å². The van der Waals surface area contributed by atoms with E-state index in [-0.39, 0.29) is 5.91 Å². The van der Waals surface area contributed by atoms with Crippen molar-refractivity contribution in [2.75, 3.05) is 5.32 Å².